The number of rotatable bonds is 8. The zero-order valence-electron chi connectivity index (χ0n) is 17.6. The van der Waals surface area contributed by atoms with Gasteiger partial charge >= 0.3 is 17.6 Å². The van der Waals surface area contributed by atoms with E-state index in [4.69, 9.17) is 4.74 Å². The maximum atomic E-state index is 13.0. The van der Waals surface area contributed by atoms with E-state index in [-0.39, 0.29) is 23.4 Å². The van der Waals surface area contributed by atoms with Crippen molar-refractivity contribution >= 4 is 33.5 Å². The number of carbonyl (C=O) groups excluding carboxylic acids is 1. The molecular formula is C22H24N2O6S. The normalized spacial score (nSPS) is 11.1. The number of nitrogens with zero attached hydrogens (tertiary/aromatic N) is 2. The van der Waals surface area contributed by atoms with Gasteiger partial charge in [-0.3, -0.25) is 14.2 Å². The Morgan fingerprint density at radius 2 is 1.71 bits per heavy atom. The molecule has 0 spiro atoms. The molecule has 0 unspecified atom stereocenters. The fourth-order valence-corrected chi connectivity index (χ4v) is 4.65. The number of aryl methyl sites for hydroxylation is 4. The molecule has 3 aromatic rings. The molecule has 0 atom stereocenters. The summed E-state index contributed by atoms with van der Waals surface area (Å²) in [7, 11) is 0. The molecule has 0 aliphatic rings. The van der Waals surface area contributed by atoms with Gasteiger partial charge in [0.1, 0.15) is 16.3 Å². The van der Waals surface area contributed by atoms with Crippen LogP contribution < -0.4 is 11.2 Å². The summed E-state index contributed by atoms with van der Waals surface area (Å²) in [6.45, 7) is 5.02. The van der Waals surface area contributed by atoms with Gasteiger partial charge in [-0.05, 0) is 43.4 Å². The first-order valence-electron chi connectivity index (χ1n) is 10.0. The SMILES string of the molecule is CCOC(=O)c1sc2c(c1C)c(=O)n(CC(=O)O)c(=O)n2CCc1ccc(CC)cc1. The van der Waals surface area contributed by atoms with Gasteiger partial charge in [0.15, 0.2) is 0 Å². The molecule has 31 heavy (non-hydrogen) atoms. The highest BCUT2D eigenvalue weighted by Crippen LogP contribution is 2.28. The Labute approximate surface area is 182 Å². The lowest BCUT2D eigenvalue weighted by atomic mass is 10.1. The summed E-state index contributed by atoms with van der Waals surface area (Å²) in [6.07, 6.45) is 1.43. The second kappa shape index (κ2) is 9.30. The number of aromatic nitrogens is 2. The summed E-state index contributed by atoms with van der Waals surface area (Å²) in [5.41, 5.74) is 1.18. The van der Waals surface area contributed by atoms with Gasteiger partial charge in [-0.1, -0.05) is 31.2 Å². The number of hydrogen-bond acceptors (Lipinski definition) is 6. The van der Waals surface area contributed by atoms with Gasteiger partial charge in [0.2, 0.25) is 0 Å². The molecule has 0 saturated heterocycles. The first-order chi connectivity index (χ1) is 14.8. The summed E-state index contributed by atoms with van der Waals surface area (Å²) < 4.78 is 7.17. The highest BCUT2D eigenvalue weighted by atomic mass is 32.1. The minimum atomic E-state index is -1.29. The van der Waals surface area contributed by atoms with E-state index in [9.17, 15) is 24.3 Å². The lowest BCUT2D eigenvalue weighted by Crippen LogP contribution is -2.41. The van der Waals surface area contributed by atoms with Gasteiger partial charge in [0.25, 0.3) is 5.56 Å². The van der Waals surface area contributed by atoms with Crippen LogP contribution in [0, 0.1) is 6.92 Å². The van der Waals surface area contributed by atoms with Crippen molar-refractivity contribution in [1.29, 1.82) is 0 Å². The van der Waals surface area contributed by atoms with Gasteiger partial charge in [-0.25, -0.2) is 14.2 Å². The summed E-state index contributed by atoms with van der Waals surface area (Å²) in [4.78, 5) is 50.2. The number of esters is 1. The molecule has 0 bridgehead atoms. The first-order valence-corrected chi connectivity index (χ1v) is 10.8. The molecule has 0 radical (unpaired) electrons. The number of thiophene rings is 1. The van der Waals surface area contributed by atoms with Crippen LogP contribution in [-0.2, 0) is 35.5 Å². The van der Waals surface area contributed by atoms with Gasteiger partial charge in [-0.2, -0.15) is 0 Å². The van der Waals surface area contributed by atoms with Crippen molar-refractivity contribution in [2.45, 2.75) is 46.7 Å². The molecule has 0 aliphatic heterocycles. The van der Waals surface area contributed by atoms with Crippen LogP contribution in [0.15, 0.2) is 33.9 Å². The average molecular weight is 445 g/mol. The van der Waals surface area contributed by atoms with Crippen molar-refractivity contribution in [1.82, 2.24) is 9.13 Å². The molecule has 0 amide bonds. The number of benzene rings is 1. The van der Waals surface area contributed by atoms with Crippen LogP contribution in [0.3, 0.4) is 0 Å². The van der Waals surface area contributed by atoms with E-state index < -0.39 is 29.7 Å². The number of ether oxygens (including phenoxy) is 1. The molecule has 2 heterocycles. The minimum absolute atomic E-state index is 0.176. The Kier molecular flexibility index (Phi) is 6.74. The summed E-state index contributed by atoms with van der Waals surface area (Å²) in [5, 5.41) is 9.37. The minimum Gasteiger partial charge on any atom is -0.480 e. The third-order valence-electron chi connectivity index (χ3n) is 5.10. The molecular weight excluding hydrogens is 420 g/mol. The maximum Gasteiger partial charge on any atom is 0.348 e. The van der Waals surface area contributed by atoms with E-state index in [1.165, 1.54) is 10.1 Å². The predicted molar refractivity (Wildman–Crippen MR) is 118 cm³/mol. The monoisotopic (exact) mass is 444 g/mol. The summed E-state index contributed by atoms with van der Waals surface area (Å²) in [5.74, 6) is -1.86. The topological polar surface area (TPSA) is 108 Å². The third-order valence-corrected chi connectivity index (χ3v) is 6.40. The van der Waals surface area contributed by atoms with Crippen molar-refractivity contribution in [3.05, 3.63) is 66.7 Å². The van der Waals surface area contributed by atoms with Crippen LogP contribution in [0.2, 0.25) is 0 Å². The van der Waals surface area contributed by atoms with Gasteiger partial charge in [-0.15, -0.1) is 11.3 Å². The first kappa shape index (κ1) is 22.5. The number of fused-ring (bicyclic) bond motifs is 1. The van der Waals surface area contributed by atoms with Crippen molar-refractivity contribution in [2.75, 3.05) is 6.61 Å². The molecule has 164 valence electrons. The van der Waals surface area contributed by atoms with E-state index in [1.807, 2.05) is 24.3 Å². The predicted octanol–water partition coefficient (Wildman–Crippen LogP) is 2.60. The molecule has 0 aliphatic carbocycles. The molecule has 9 heteroatoms. The number of hydrogen-bond donors (Lipinski definition) is 1. The lowest BCUT2D eigenvalue weighted by molar-refractivity contribution is -0.137. The maximum absolute atomic E-state index is 13.0. The van der Waals surface area contributed by atoms with Crippen molar-refractivity contribution in [3.63, 3.8) is 0 Å². The molecule has 0 fully saturated rings. The fourth-order valence-electron chi connectivity index (χ4n) is 3.44. The van der Waals surface area contributed by atoms with E-state index in [0.29, 0.717) is 21.4 Å². The summed E-state index contributed by atoms with van der Waals surface area (Å²) >= 11 is 1.02. The van der Waals surface area contributed by atoms with Gasteiger partial charge in [0.05, 0.1) is 12.0 Å². The quantitative estimate of drug-likeness (QED) is 0.535. The number of carboxylic acids is 1. The Balaban J connectivity index is 2.15. The molecule has 1 aromatic carbocycles. The fraction of sp³-hybridized carbons (Fsp3) is 0.364. The Hall–Kier alpha value is -3.20. The molecule has 2 aromatic heterocycles. The van der Waals surface area contributed by atoms with Crippen LogP contribution in [0.5, 0.6) is 0 Å². The molecule has 1 N–H and O–H groups in total. The molecule has 8 nitrogen and oxygen atoms in total. The van der Waals surface area contributed by atoms with Crippen molar-refractivity contribution in [3.8, 4) is 0 Å². The van der Waals surface area contributed by atoms with Gasteiger partial charge < -0.3 is 9.84 Å². The second-order valence-corrected chi connectivity index (χ2v) is 8.10. The van der Waals surface area contributed by atoms with Crippen LogP contribution in [0.1, 0.15) is 40.2 Å². The standard InChI is InChI=1S/C22H24N2O6S/c1-4-14-6-8-15(9-7-14)10-11-23-20-17(13(3)18(31-20)21(28)30-5-2)19(27)24(22(23)29)12-16(25)26/h6-9H,4-5,10-12H2,1-3H3,(H,25,26). The zero-order valence-corrected chi connectivity index (χ0v) is 18.5. The van der Waals surface area contributed by atoms with Crippen LogP contribution >= 0.6 is 11.3 Å². The van der Waals surface area contributed by atoms with Crippen LogP contribution in [0.25, 0.3) is 10.2 Å². The van der Waals surface area contributed by atoms with E-state index in [0.717, 1.165) is 23.3 Å². The average Bonchev–Trinajstić information content (AvgIpc) is 3.08. The molecule has 0 saturated carbocycles. The van der Waals surface area contributed by atoms with Crippen molar-refractivity contribution < 1.29 is 19.4 Å². The lowest BCUT2D eigenvalue weighted by Gasteiger charge is -2.11. The second-order valence-electron chi connectivity index (χ2n) is 7.10. The van der Waals surface area contributed by atoms with Crippen LogP contribution in [0.4, 0.5) is 0 Å². The van der Waals surface area contributed by atoms with E-state index in [2.05, 4.69) is 6.92 Å². The smallest absolute Gasteiger partial charge is 0.348 e. The largest absolute Gasteiger partial charge is 0.480 e. The van der Waals surface area contributed by atoms with Crippen LogP contribution in [-0.4, -0.2) is 32.8 Å². The zero-order chi connectivity index (χ0) is 22.7. The van der Waals surface area contributed by atoms with Gasteiger partial charge in [0, 0.05) is 6.54 Å². The molecule has 3 rings (SSSR count). The number of carboxylic acid groups (broad SMARTS) is 1. The highest BCUT2D eigenvalue weighted by molar-refractivity contribution is 7.20. The van der Waals surface area contributed by atoms with Crippen molar-refractivity contribution in [2.24, 2.45) is 0 Å². The Bertz CT molecular complexity index is 1250. The van der Waals surface area contributed by atoms with E-state index in [1.54, 1.807) is 13.8 Å². The number of carbonyl (C=O) groups is 2. The Morgan fingerprint density at radius 1 is 1.06 bits per heavy atom. The summed E-state index contributed by atoms with van der Waals surface area (Å²) in [6, 6.07) is 8.01. The Morgan fingerprint density at radius 3 is 2.29 bits per heavy atom. The third kappa shape index (κ3) is 4.46. The van der Waals surface area contributed by atoms with E-state index >= 15 is 0 Å². The highest BCUT2D eigenvalue weighted by Gasteiger charge is 2.24. The number of aliphatic carboxylic acids is 1.